The zero-order valence-electron chi connectivity index (χ0n) is 21.9. The highest BCUT2D eigenvalue weighted by Gasteiger charge is 2.42. The van der Waals surface area contributed by atoms with Crippen LogP contribution in [0.15, 0.2) is 16.1 Å². The Labute approximate surface area is 213 Å². The first-order chi connectivity index (χ1) is 17.0. The van der Waals surface area contributed by atoms with Crippen molar-refractivity contribution >= 4 is 26.8 Å². The number of carbonyl (C=O) groups excluding carboxylic acids is 1. The van der Waals surface area contributed by atoms with Crippen LogP contribution in [-0.4, -0.2) is 88.0 Å². The molecule has 200 valence electrons. The number of nitrogens with zero attached hydrogens (tertiary/aromatic N) is 7. The lowest BCUT2D eigenvalue weighted by Crippen LogP contribution is -2.36. The fourth-order valence-corrected chi connectivity index (χ4v) is 5.26. The highest BCUT2D eigenvalue weighted by Crippen LogP contribution is 2.49. The monoisotopic (exact) mass is 525 g/mol. The van der Waals surface area contributed by atoms with E-state index in [1.807, 2.05) is 27.7 Å². The van der Waals surface area contributed by atoms with Crippen molar-refractivity contribution in [3.8, 4) is 6.07 Å². The summed E-state index contributed by atoms with van der Waals surface area (Å²) in [6.07, 6.45) is 1.38. The van der Waals surface area contributed by atoms with E-state index in [1.165, 1.54) is 24.2 Å². The van der Waals surface area contributed by atoms with Crippen molar-refractivity contribution in [3.63, 3.8) is 0 Å². The Kier molecular flexibility index (Phi) is 11.8. The molecule has 1 aliphatic rings. The molecule has 2 heterocycles. The van der Waals surface area contributed by atoms with Crippen LogP contribution in [0.2, 0.25) is 0 Å². The number of nitriles is 1. The van der Waals surface area contributed by atoms with Crippen LogP contribution in [0.25, 0.3) is 0 Å². The molecule has 0 spiro atoms. The average molecular weight is 526 g/mol. The number of hydrogen-bond acceptors (Lipinski definition) is 11. The van der Waals surface area contributed by atoms with Crippen molar-refractivity contribution in [2.45, 2.75) is 78.0 Å². The normalized spacial score (nSPS) is 20.9. The van der Waals surface area contributed by atoms with Gasteiger partial charge in [0, 0.05) is 39.5 Å². The van der Waals surface area contributed by atoms with E-state index in [0.29, 0.717) is 0 Å². The van der Waals surface area contributed by atoms with Gasteiger partial charge in [-0.3, -0.25) is 9.36 Å². The van der Waals surface area contributed by atoms with Crippen molar-refractivity contribution < 1.29 is 23.3 Å². The fourth-order valence-electron chi connectivity index (χ4n) is 3.50. The Morgan fingerprint density at radius 1 is 1.39 bits per heavy atom. The molecule has 36 heavy (non-hydrogen) atoms. The molecule has 1 fully saturated rings. The number of carbonyl (C=O) groups is 1. The minimum atomic E-state index is -1.57. The standard InChI is InChI=1S/C22H36N7O6P/c1-15(2)29(16(3)4)36(33-10-8-9-23)35-18-11-20(34-19(18)12-32-17(5)30)28-14-25-21(26-22(28)31)24-13-27(6)7/h13-16,18-20H,8,10-12H2,1-7H3/b24-13-/t18-,19?,20-,36?/m1/s1. The van der Waals surface area contributed by atoms with Crippen LogP contribution < -0.4 is 5.69 Å². The molecule has 0 saturated carbocycles. The molecule has 0 aromatic carbocycles. The first-order valence-electron chi connectivity index (χ1n) is 11.7. The van der Waals surface area contributed by atoms with Gasteiger partial charge in [-0.05, 0) is 27.7 Å². The maximum absolute atomic E-state index is 12.7. The zero-order valence-corrected chi connectivity index (χ0v) is 22.8. The van der Waals surface area contributed by atoms with Gasteiger partial charge in [-0.15, -0.1) is 0 Å². The largest absolute Gasteiger partial charge is 0.463 e. The van der Waals surface area contributed by atoms with E-state index in [-0.39, 0.29) is 44.1 Å². The number of ether oxygens (including phenoxy) is 2. The van der Waals surface area contributed by atoms with Crippen LogP contribution in [0, 0.1) is 11.3 Å². The van der Waals surface area contributed by atoms with Crippen molar-refractivity contribution in [2.24, 2.45) is 4.99 Å². The summed E-state index contributed by atoms with van der Waals surface area (Å²) in [5.41, 5.74) is -0.577. The maximum Gasteiger partial charge on any atom is 0.354 e. The lowest BCUT2D eigenvalue weighted by atomic mass is 10.2. The molecule has 0 amide bonds. The van der Waals surface area contributed by atoms with E-state index in [2.05, 4.69) is 25.7 Å². The molecule has 13 nitrogen and oxygen atoms in total. The summed E-state index contributed by atoms with van der Waals surface area (Å²) >= 11 is 0. The zero-order chi connectivity index (χ0) is 26.8. The first-order valence-corrected chi connectivity index (χ1v) is 12.9. The molecule has 1 aromatic heterocycles. The third-order valence-electron chi connectivity index (χ3n) is 4.95. The summed E-state index contributed by atoms with van der Waals surface area (Å²) < 4.78 is 27.1. The molecule has 1 saturated heterocycles. The van der Waals surface area contributed by atoms with Crippen LogP contribution in [-0.2, 0) is 23.3 Å². The predicted molar refractivity (Wildman–Crippen MR) is 133 cm³/mol. The molecular formula is C22H36N7O6P. The Morgan fingerprint density at radius 3 is 2.64 bits per heavy atom. The van der Waals surface area contributed by atoms with Gasteiger partial charge in [0.05, 0.1) is 31.5 Å². The smallest absolute Gasteiger partial charge is 0.354 e. The van der Waals surface area contributed by atoms with Crippen molar-refractivity contribution in [2.75, 3.05) is 27.3 Å². The van der Waals surface area contributed by atoms with Crippen LogP contribution in [0.3, 0.4) is 0 Å². The van der Waals surface area contributed by atoms with Gasteiger partial charge < -0.3 is 23.4 Å². The van der Waals surface area contributed by atoms with E-state index in [1.54, 1.807) is 19.0 Å². The molecule has 4 atom stereocenters. The molecular weight excluding hydrogens is 489 g/mol. The van der Waals surface area contributed by atoms with Gasteiger partial charge in [-0.25, -0.2) is 19.4 Å². The predicted octanol–water partition coefficient (Wildman–Crippen LogP) is 2.37. The quantitative estimate of drug-likeness (QED) is 0.123. The SMILES string of the molecule is CC(=O)OCC1O[C@@H](n2cnc(/N=C\N(C)C)nc2=O)C[C@H]1OP(OCCC#N)N(C(C)C)C(C)C. The minimum Gasteiger partial charge on any atom is -0.463 e. The number of aliphatic imine (C=N–C) groups is 1. The van der Waals surface area contributed by atoms with E-state index >= 15 is 0 Å². The van der Waals surface area contributed by atoms with Crippen molar-refractivity contribution in [3.05, 3.63) is 16.8 Å². The average Bonchev–Trinajstić information content (AvgIpc) is 3.18. The van der Waals surface area contributed by atoms with Gasteiger partial charge in [0.25, 0.3) is 14.5 Å². The molecule has 2 rings (SSSR count). The highest BCUT2D eigenvalue weighted by atomic mass is 31.2. The second-order valence-corrected chi connectivity index (χ2v) is 10.3. The second kappa shape index (κ2) is 14.3. The maximum atomic E-state index is 12.7. The summed E-state index contributed by atoms with van der Waals surface area (Å²) in [7, 11) is 2.01. The van der Waals surface area contributed by atoms with Crippen molar-refractivity contribution in [1.29, 1.82) is 5.26 Å². The van der Waals surface area contributed by atoms with E-state index < -0.39 is 38.6 Å². The van der Waals surface area contributed by atoms with Crippen LogP contribution in [0.1, 0.15) is 53.7 Å². The third kappa shape index (κ3) is 8.87. The van der Waals surface area contributed by atoms with Crippen LogP contribution >= 0.6 is 8.53 Å². The first kappa shape index (κ1) is 29.7. The Hall–Kier alpha value is -2.49. The minimum absolute atomic E-state index is 0.0335. The molecule has 0 radical (unpaired) electrons. The summed E-state index contributed by atoms with van der Waals surface area (Å²) in [4.78, 5) is 37.9. The summed E-state index contributed by atoms with van der Waals surface area (Å²) in [6, 6.07) is 2.29. The number of hydrogen-bond donors (Lipinski definition) is 0. The van der Waals surface area contributed by atoms with Gasteiger partial charge in [-0.2, -0.15) is 10.2 Å². The topological polar surface area (TPSA) is 144 Å². The van der Waals surface area contributed by atoms with Gasteiger partial charge >= 0.3 is 11.7 Å². The summed E-state index contributed by atoms with van der Waals surface area (Å²) in [6.45, 7) is 9.61. The van der Waals surface area contributed by atoms with E-state index in [0.717, 1.165) is 0 Å². The molecule has 0 bridgehead atoms. The lowest BCUT2D eigenvalue weighted by Gasteiger charge is -2.37. The third-order valence-corrected chi connectivity index (χ3v) is 7.10. The molecule has 2 unspecified atom stereocenters. The van der Waals surface area contributed by atoms with Crippen LogP contribution in [0.4, 0.5) is 5.95 Å². The fraction of sp³-hybridized carbons (Fsp3) is 0.727. The molecule has 0 N–H and O–H groups in total. The second-order valence-electron chi connectivity index (χ2n) is 8.91. The van der Waals surface area contributed by atoms with E-state index in [9.17, 15) is 9.59 Å². The van der Waals surface area contributed by atoms with Crippen molar-refractivity contribution in [1.82, 2.24) is 24.1 Å². The highest BCUT2D eigenvalue weighted by molar-refractivity contribution is 7.44. The Morgan fingerprint density at radius 2 is 2.08 bits per heavy atom. The van der Waals surface area contributed by atoms with Gasteiger partial charge in [0.2, 0.25) is 0 Å². The number of rotatable bonds is 13. The molecule has 1 aromatic rings. The van der Waals surface area contributed by atoms with Gasteiger partial charge in [0.1, 0.15) is 25.3 Å². The number of aromatic nitrogens is 3. The Balaban J connectivity index is 2.29. The molecule has 1 aliphatic heterocycles. The summed E-state index contributed by atoms with van der Waals surface area (Å²) in [5, 5.41) is 8.95. The lowest BCUT2D eigenvalue weighted by molar-refractivity contribution is -0.147. The number of esters is 1. The summed E-state index contributed by atoms with van der Waals surface area (Å²) in [5.74, 6) is -0.422. The van der Waals surface area contributed by atoms with E-state index in [4.69, 9.17) is 23.8 Å². The Bertz CT molecular complexity index is 972. The molecule has 14 heteroatoms. The van der Waals surface area contributed by atoms with Crippen LogP contribution in [0.5, 0.6) is 0 Å². The van der Waals surface area contributed by atoms with Gasteiger partial charge in [-0.1, -0.05) is 0 Å². The van der Waals surface area contributed by atoms with Gasteiger partial charge in [0.15, 0.2) is 0 Å². The molecule has 0 aliphatic carbocycles.